The van der Waals surface area contributed by atoms with Crippen molar-refractivity contribution in [2.75, 3.05) is 17.2 Å². The Morgan fingerprint density at radius 2 is 2.20 bits per heavy atom. The predicted octanol–water partition coefficient (Wildman–Crippen LogP) is 3.35. The third kappa shape index (κ3) is 2.75. The summed E-state index contributed by atoms with van der Waals surface area (Å²) in [6.45, 7) is 0.978. The molecule has 1 aromatic carbocycles. The lowest BCUT2D eigenvalue weighted by Gasteiger charge is -2.18. The number of benzene rings is 1. The van der Waals surface area contributed by atoms with Gasteiger partial charge >= 0.3 is 0 Å². The van der Waals surface area contributed by atoms with Crippen LogP contribution in [0.15, 0.2) is 36.5 Å². The third-order valence-corrected chi connectivity index (χ3v) is 3.52. The quantitative estimate of drug-likeness (QED) is 0.833. The van der Waals surface area contributed by atoms with Crippen LogP contribution in [-0.2, 0) is 6.42 Å². The molecule has 20 heavy (non-hydrogen) atoms. The Kier molecular flexibility index (Phi) is 3.56. The number of halogens is 1. The monoisotopic (exact) mass is 287 g/mol. The van der Waals surface area contributed by atoms with Crippen molar-refractivity contribution in [1.82, 2.24) is 4.98 Å². The van der Waals surface area contributed by atoms with Gasteiger partial charge in [-0.2, -0.15) is 0 Å². The molecule has 3 rings (SSSR count). The van der Waals surface area contributed by atoms with E-state index in [1.54, 1.807) is 12.1 Å². The Morgan fingerprint density at radius 1 is 1.30 bits per heavy atom. The molecule has 0 fully saturated rings. The van der Waals surface area contributed by atoms with Gasteiger partial charge in [-0.15, -0.1) is 0 Å². The van der Waals surface area contributed by atoms with Gasteiger partial charge in [-0.3, -0.25) is 4.79 Å². The number of carbonyl (C=O) groups excluding carboxylic acids is 1. The number of aryl methyl sites for hydroxylation is 1. The Balaban J connectivity index is 1.77. The molecule has 2 N–H and O–H groups in total. The molecule has 2 heterocycles. The SMILES string of the molecule is O=C(Nc1ccc2c(c1)NCCC2)c1ccc(Cl)nc1. The maximum absolute atomic E-state index is 12.1. The summed E-state index contributed by atoms with van der Waals surface area (Å²) in [7, 11) is 0. The van der Waals surface area contributed by atoms with Gasteiger partial charge in [0, 0.05) is 24.1 Å². The fraction of sp³-hybridized carbons (Fsp3) is 0.200. The maximum Gasteiger partial charge on any atom is 0.257 e. The molecule has 1 amide bonds. The average Bonchev–Trinajstić information content (AvgIpc) is 2.48. The van der Waals surface area contributed by atoms with Crippen LogP contribution in [0, 0.1) is 0 Å². The topological polar surface area (TPSA) is 54.0 Å². The lowest BCUT2D eigenvalue weighted by atomic mass is 10.0. The van der Waals surface area contributed by atoms with E-state index in [9.17, 15) is 4.79 Å². The van der Waals surface area contributed by atoms with Crippen LogP contribution >= 0.6 is 11.6 Å². The lowest BCUT2D eigenvalue weighted by Crippen LogP contribution is -2.14. The number of nitrogens with zero attached hydrogens (tertiary/aromatic N) is 1. The number of pyridine rings is 1. The van der Waals surface area contributed by atoms with Crippen molar-refractivity contribution in [1.29, 1.82) is 0 Å². The van der Waals surface area contributed by atoms with Gasteiger partial charge in [0.1, 0.15) is 5.15 Å². The summed E-state index contributed by atoms with van der Waals surface area (Å²) in [5, 5.41) is 6.58. The molecule has 0 unspecified atom stereocenters. The normalized spacial score (nSPS) is 13.2. The van der Waals surface area contributed by atoms with Gasteiger partial charge in [0.15, 0.2) is 0 Å². The van der Waals surface area contributed by atoms with Crippen LogP contribution in [0.2, 0.25) is 5.15 Å². The summed E-state index contributed by atoms with van der Waals surface area (Å²) in [6, 6.07) is 9.20. The molecule has 0 atom stereocenters. The zero-order valence-corrected chi connectivity index (χ0v) is 11.6. The van der Waals surface area contributed by atoms with E-state index >= 15 is 0 Å². The molecule has 5 heteroatoms. The molecule has 102 valence electrons. The van der Waals surface area contributed by atoms with E-state index in [1.807, 2.05) is 12.1 Å². The highest BCUT2D eigenvalue weighted by molar-refractivity contribution is 6.29. The van der Waals surface area contributed by atoms with Gasteiger partial charge < -0.3 is 10.6 Å². The molecule has 2 aromatic rings. The van der Waals surface area contributed by atoms with Crippen LogP contribution in [0.5, 0.6) is 0 Å². The number of hydrogen-bond acceptors (Lipinski definition) is 3. The second-order valence-electron chi connectivity index (χ2n) is 4.73. The molecule has 4 nitrogen and oxygen atoms in total. The van der Waals surface area contributed by atoms with Gasteiger partial charge in [0.05, 0.1) is 5.56 Å². The minimum atomic E-state index is -0.190. The number of rotatable bonds is 2. The Bertz CT molecular complexity index is 640. The van der Waals surface area contributed by atoms with Crippen LogP contribution < -0.4 is 10.6 Å². The molecule has 0 radical (unpaired) electrons. The number of anilines is 2. The molecule has 0 bridgehead atoms. The maximum atomic E-state index is 12.1. The van der Waals surface area contributed by atoms with E-state index < -0.39 is 0 Å². The van der Waals surface area contributed by atoms with E-state index in [4.69, 9.17) is 11.6 Å². The molecule has 0 saturated carbocycles. The van der Waals surface area contributed by atoms with Crippen molar-refractivity contribution < 1.29 is 4.79 Å². The van der Waals surface area contributed by atoms with E-state index in [-0.39, 0.29) is 5.91 Å². The summed E-state index contributed by atoms with van der Waals surface area (Å²) in [6.07, 6.45) is 3.70. The second-order valence-corrected chi connectivity index (χ2v) is 5.11. The zero-order valence-electron chi connectivity index (χ0n) is 10.8. The number of hydrogen-bond donors (Lipinski definition) is 2. The summed E-state index contributed by atoms with van der Waals surface area (Å²) in [5.74, 6) is -0.190. The van der Waals surface area contributed by atoms with Crippen LogP contribution in [0.3, 0.4) is 0 Å². The highest BCUT2D eigenvalue weighted by Crippen LogP contribution is 2.25. The standard InChI is InChI=1S/C15H14ClN3O/c16-14-6-4-11(9-18-14)15(20)19-12-5-3-10-2-1-7-17-13(10)8-12/h3-6,8-9,17H,1-2,7H2,(H,19,20). The Hall–Kier alpha value is -2.07. The third-order valence-electron chi connectivity index (χ3n) is 3.30. The molecular formula is C15H14ClN3O. The van der Waals surface area contributed by atoms with E-state index in [0.717, 1.165) is 30.8 Å². The molecule has 0 spiro atoms. The number of fused-ring (bicyclic) bond motifs is 1. The second kappa shape index (κ2) is 5.51. The zero-order chi connectivity index (χ0) is 13.9. The summed E-state index contributed by atoms with van der Waals surface area (Å²) < 4.78 is 0. The highest BCUT2D eigenvalue weighted by Gasteiger charge is 2.11. The van der Waals surface area contributed by atoms with Crippen molar-refractivity contribution in [2.45, 2.75) is 12.8 Å². The molecule has 1 aliphatic rings. The van der Waals surface area contributed by atoms with E-state index in [0.29, 0.717) is 10.7 Å². The summed E-state index contributed by atoms with van der Waals surface area (Å²) in [4.78, 5) is 16.0. The van der Waals surface area contributed by atoms with Gasteiger partial charge in [-0.1, -0.05) is 17.7 Å². The average molecular weight is 288 g/mol. The summed E-state index contributed by atoms with van der Waals surface area (Å²) >= 11 is 5.70. The molecular weight excluding hydrogens is 274 g/mol. The smallest absolute Gasteiger partial charge is 0.257 e. The van der Waals surface area contributed by atoms with Crippen LogP contribution in [0.4, 0.5) is 11.4 Å². The molecule has 1 aromatic heterocycles. The fourth-order valence-corrected chi connectivity index (χ4v) is 2.36. The highest BCUT2D eigenvalue weighted by atomic mass is 35.5. The van der Waals surface area contributed by atoms with Gasteiger partial charge in [0.25, 0.3) is 5.91 Å². The van der Waals surface area contributed by atoms with Crippen LogP contribution in [0.25, 0.3) is 0 Å². The molecule has 0 saturated heterocycles. The van der Waals surface area contributed by atoms with E-state index in [1.165, 1.54) is 11.8 Å². The number of aromatic nitrogens is 1. The first kappa shape index (κ1) is 12.9. The first-order chi connectivity index (χ1) is 9.72. The Labute approximate surface area is 122 Å². The predicted molar refractivity (Wildman–Crippen MR) is 80.5 cm³/mol. The number of carbonyl (C=O) groups is 1. The number of amides is 1. The largest absolute Gasteiger partial charge is 0.385 e. The van der Waals surface area contributed by atoms with Gasteiger partial charge in [-0.05, 0) is 42.7 Å². The van der Waals surface area contributed by atoms with Crippen LogP contribution in [0.1, 0.15) is 22.3 Å². The number of nitrogens with one attached hydrogen (secondary N) is 2. The van der Waals surface area contributed by atoms with Gasteiger partial charge in [-0.25, -0.2) is 4.98 Å². The first-order valence-corrected chi connectivity index (χ1v) is 6.90. The lowest BCUT2D eigenvalue weighted by molar-refractivity contribution is 0.102. The Morgan fingerprint density at radius 3 is 3.00 bits per heavy atom. The fourth-order valence-electron chi connectivity index (χ4n) is 2.25. The molecule has 0 aliphatic carbocycles. The van der Waals surface area contributed by atoms with Crippen molar-refractivity contribution in [2.24, 2.45) is 0 Å². The minimum absolute atomic E-state index is 0.190. The molecule has 1 aliphatic heterocycles. The van der Waals surface area contributed by atoms with Crippen molar-refractivity contribution in [3.8, 4) is 0 Å². The van der Waals surface area contributed by atoms with Crippen LogP contribution in [-0.4, -0.2) is 17.4 Å². The van der Waals surface area contributed by atoms with Crippen molar-refractivity contribution in [3.05, 3.63) is 52.8 Å². The van der Waals surface area contributed by atoms with Gasteiger partial charge in [0.2, 0.25) is 0 Å². The summed E-state index contributed by atoms with van der Waals surface area (Å²) in [5.41, 5.74) is 3.66. The first-order valence-electron chi connectivity index (χ1n) is 6.52. The van der Waals surface area contributed by atoms with E-state index in [2.05, 4.69) is 21.7 Å². The van der Waals surface area contributed by atoms with Crippen molar-refractivity contribution >= 4 is 28.9 Å². The van der Waals surface area contributed by atoms with Crippen molar-refractivity contribution in [3.63, 3.8) is 0 Å². The minimum Gasteiger partial charge on any atom is -0.385 e.